The molecule has 0 aliphatic carbocycles. The maximum absolute atomic E-state index is 14.7. The van der Waals surface area contributed by atoms with E-state index in [0.29, 0.717) is 44.1 Å². The molecule has 172 valence electrons. The van der Waals surface area contributed by atoms with E-state index < -0.39 is 0 Å². The average molecular weight is 469 g/mol. The van der Waals surface area contributed by atoms with E-state index in [2.05, 4.69) is 20.2 Å². The van der Waals surface area contributed by atoms with E-state index in [1.54, 1.807) is 39.4 Å². The Morgan fingerprint density at radius 1 is 1.15 bits per heavy atom. The van der Waals surface area contributed by atoms with Crippen LogP contribution in [0.3, 0.4) is 0 Å². The van der Waals surface area contributed by atoms with Crippen LogP contribution in [0, 0.1) is 19.7 Å². The van der Waals surface area contributed by atoms with Gasteiger partial charge in [-0.25, -0.2) is 24.2 Å². The Morgan fingerprint density at radius 2 is 1.94 bits per heavy atom. The first-order valence-electron chi connectivity index (χ1n) is 10.9. The highest BCUT2D eigenvalue weighted by Gasteiger charge is 2.35. The van der Waals surface area contributed by atoms with Gasteiger partial charge in [0, 0.05) is 56.9 Å². The molecule has 33 heavy (non-hydrogen) atoms. The van der Waals surface area contributed by atoms with Gasteiger partial charge in [0.15, 0.2) is 11.6 Å². The van der Waals surface area contributed by atoms with Crippen LogP contribution in [0.4, 0.5) is 15.0 Å². The minimum atomic E-state index is -0.373. The largest absolute Gasteiger partial charge is 0.351 e. The molecule has 1 fully saturated rings. The second kappa shape index (κ2) is 8.54. The number of amides is 2. The van der Waals surface area contributed by atoms with Gasteiger partial charge in [-0.1, -0.05) is 0 Å². The highest BCUT2D eigenvalue weighted by atomic mass is 32.1. The number of carbonyl (C=O) groups is 1. The number of anilines is 1. The summed E-state index contributed by atoms with van der Waals surface area (Å²) in [7, 11) is 1.85. The third kappa shape index (κ3) is 3.97. The Kier molecular flexibility index (Phi) is 5.57. The molecule has 0 radical (unpaired) electrons. The van der Waals surface area contributed by atoms with Crippen molar-refractivity contribution in [1.29, 1.82) is 0 Å². The highest BCUT2D eigenvalue weighted by molar-refractivity contribution is 7.09. The fourth-order valence-electron chi connectivity index (χ4n) is 4.28. The Labute approximate surface area is 195 Å². The number of aryl methyl sites for hydroxylation is 3. The number of halogens is 1. The topological polar surface area (TPSA) is 82.8 Å². The van der Waals surface area contributed by atoms with Crippen LogP contribution in [-0.4, -0.2) is 68.1 Å². The molecule has 3 aromatic heterocycles. The quantitative estimate of drug-likeness (QED) is 0.589. The van der Waals surface area contributed by atoms with Crippen molar-refractivity contribution in [1.82, 2.24) is 29.7 Å². The normalized spacial score (nSPS) is 18.4. The minimum absolute atomic E-state index is 0.144. The van der Waals surface area contributed by atoms with Gasteiger partial charge in [-0.05, 0) is 31.5 Å². The van der Waals surface area contributed by atoms with E-state index >= 15 is 0 Å². The van der Waals surface area contributed by atoms with Gasteiger partial charge in [0.2, 0.25) is 0 Å². The number of aromatic nitrogens is 4. The summed E-state index contributed by atoms with van der Waals surface area (Å²) in [5.41, 5.74) is 3.46. The number of urea groups is 1. The lowest BCUT2D eigenvalue weighted by molar-refractivity contribution is 0.139. The van der Waals surface area contributed by atoms with Gasteiger partial charge >= 0.3 is 6.03 Å². The average Bonchev–Trinajstić information content (AvgIpc) is 3.54. The number of carbonyl (C=O) groups excluding carboxylic acids is 1. The molecule has 11 heteroatoms. The number of hydrogen-bond donors (Lipinski definition) is 0. The Bertz CT molecular complexity index is 1190. The highest BCUT2D eigenvalue weighted by Crippen LogP contribution is 2.32. The van der Waals surface area contributed by atoms with Gasteiger partial charge in [0.05, 0.1) is 17.6 Å². The van der Waals surface area contributed by atoms with Crippen molar-refractivity contribution in [2.24, 2.45) is 12.1 Å². The molecule has 0 spiro atoms. The Morgan fingerprint density at radius 3 is 2.61 bits per heavy atom. The smallest absolute Gasteiger partial charge is 0.341 e. The van der Waals surface area contributed by atoms with Gasteiger partial charge < -0.3 is 9.80 Å². The Hall–Kier alpha value is -3.34. The molecule has 9 nitrogen and oxygen atoms in total. The van der Waals surface area contributed by atoms with Crippen molar-refractivity contribution >= 4 is 29.4 Å². The first-order chi connectivity index (χ1) is 15.9. The van der Waals surface area contributed by atoms with E-state index in [4.69, 9.17) is 0 Å². The fourth-order valence-corrected chi connectivity index (χ4v) is 5.18. The number of rotatable bonds is 3. The van der Waals surface area contributed by atoms with Gasteiger partial charge in [-0.15, -0.1) is 11.3 Å². The molecule has 5 rings (SSSR count). The lowest BCUT2D eigenvalue weighted by Gasteiger charge is -2.37. The number of nitrogens with zero attached hydrogens (tertiary/aromatic N) is 8. The molecule has 1 saturated heterocycles. The maximum Gasteiger partial charge on any atom is 0.341 e. The molecule has 0 N–H and O–H groups in total. The number of thiazole rings is 1. The minimum Gasteiger partial charge on any atom is -0.351 e. The molecular weight excluding hydrogens is 443 g/mol. The van der Waals surface area contributed by atoms with E-state index in [1.807, 2.05) is 31.2 Å². The molecule has 1 atom stereocenters. The van der Waals surface area contributed by atoms with E-state index in [1.165, 1.54) is 11.1 Å². The summed E-state index contributed by atoms with van der Waals surface area (Å²) in [4.78, 5) is 26.0. The van der Waals surface area contributed by atoms with Crippen molar-refractivity contribution in [3.63, 3.8) is 0 Å². The van der Waals surface area contributed by atoms with Crippen LogP contribution in [-0.2, 0) is 7.05 Å². The Balaban J connectivity index is 1.29. The summed E-state index contributed by atoms with van der Waals surface area (Å²) in [5, 5.41) is 13.0. The number of piperazine rings is 1. The molecule has 3 aromatic rings. The summed E-state index contributed by atoms with van der Waals surface area (Å²) >= 11 is 1.55. The zero-order chi connectivity index (χ0) is 23.1. The van der Waals surface area contributed by atoms with Gasteiger partial charge in [-0.3, -0.25) is 4.68 Å². The van der Waals surface area contributed by atoms with Crippen LogP contribution in [0.1, 0.15) is 28.7 Å². The molecule has 0 aromatic carbocycles. The fraction of sp³-hybridized carbons (Fsp3) is 0.409. The summed E-state index contributed by atoms with van der Waals surface area (Å²) in [6.07, 6.45) is 4.19. The van der Waals surface area contributed by atoms with E-state index in [-0.39, 0.29) is 17.9 Å². The molecule has 5 heterocycles. The zero-order valence-electron chi connectivity index (χ0n) is 18.8. The first-order valence-corrected chi connectivity index (χ1v) is 11.7. The van der Waals surface area contributed by atoms with Crippen LogP contribution in [0.15, 0.2) is 28.8 Å². The van der Waals surface area contributed by atoms with Crippen molar-refractivity contribution in [3.05, 3.63) is 45.8 Å². The number of pyridine rings is 1. The van der Waals surface area contributed by atoms with Crippen molar-refractivity contribution in [3.8, 4) is 11.4 Å². The molecule has 0 saturated carbocycles. The van der Waals surface area contributed by atoms with Gasteiger partial charge in [0.1, 0.15) is 11.0 Å². The summed E-state index contributed by atoms with van der Waals surface area (Å²) in [6, 6.07) is 2.82. The van der Waals surface area contributed by atoms with Crippen LogP contribution in [0.2, 0.25) is 0 Å². The summed E-state index contributed by atoms with van der Waals surface area (Å²) in [5.74, 6) is -0.0720. The SMILES string of the molecule is Cc1csc(C2CC=NN2C(=O)N2CCN(c3nc(-c4c(C)cnn4C)ccc3F)CC2)n1. The van der Waals surface area contributed by atoms with Crippen LogP contribution >= 0.6 is 11.3 Å². The van der Waals surface area contributed by atoms with E-state index in [9.17, 15) is 9.18 Å². The number of hydrogen-bond acceptors (Lipinski definition) is 7. The molecule has 2 amide bonds. The standard InChI is InChI=1S/C22H25FN8OS/c1-14-12-25-28(3)19(14)17-5-4-16(23)20(27-17)29-8-10-30(11-9-29)22(32)31-18(6-7-24-31)21-26-15(2)13-33-21/h4-5,7,12-13,18H,6,8-11H2,1-3H3. The van der Waals surface area contributed by atoms with Crippen LogP contribution in [0.25, 0.3) is 11.4 Å². The molecule has 2 aliphatic rings. The van der Waals surface area contributed by atoms with Crippen molar-refractivity contribution in [2.75, 3.05) is 31.1 Å². The lowest BCUT2D eigenvalue weighted by atomic mass is 10.2. The van der Waals surface area contributed by atoms with E-state index in [0.717, 1.165) is 22.0 Å². The van der Waals surface area contributed by atoms with Crippen LogP contribution in [0.5, 0.6) is 0 Å². The predicted molar refractivity (Wildman–Crippen MR) is 125 cm³/mol. The van der Waals surface area contributed by atoms with Crippen molar-refractivity contribution in [2.45, 2.75) is 26.3 Å². The summed E-state index contributed by atoms with van der Waals surface area (Å²) < 4.78 is 16.4. The second-order valence-corrected chi connectivity index (χ2v) is 9.17. The monoisotopic (exact) mass is 468 g/mol. The number of hydrazone groups is 1. The predicted octanol–water partition coefficient (Wildman–Crippen LogP) is 3.37. The maximum atomic E-state index is 14.7. The third-order valence-corrected chi connectivity index (χ3v) is 7.05. The third-order valence-electron chi connectivity index (χ3n) is 5.99. The molecular formula is C22H25FN8OS. The zero-order valence-corrected chi connectivity index (χ0v) is 19.6. The van der Waals surface area contributed by atoms with Crippen LogP contribution < -0.4 is 4.90 Å². The van der Waals surface area contributed by atoms with Gasteiger partial charge in [0.25, 0.3) is 0 Å². The second-order valence-electron chi connectivity index (χ2n) is 8.28. The summed E-state index contributed by atoms with van der Waals surface area (Å²) in [6.45, 7) is 5.80. The first kappa shape index (κ1) is 21.5. The van der Waals surface area contributed by atoms with Crippen molar-refractivity contribution < 1.29 is 9.18 Å². The lowest BCUT2D eigenvalue weighted by Crippen LogP contribution is -2.52. The molecule has 0 bridgehead atoms. The molecule has 1 unspecified atom stereocenters. The molecule has 2 aliphatic heterocycles. The van der Waals surface area contributed by atoms with Gasteiger partial charge in [-0.2, -0.15) is 10.2 Å².